The molecule has 74 valence electrons. The van der Waals surface area contributed by atoms with Crippen molar-refractivity contribution in [3.63, 3.8) is 0 Å². The van der Waals surface area contributed by atoms with Crippen LogP contribution in [0.15, 0.2) is 0 Å². The molecule has 0 radical (unpaired) electrons. The van der Waals surface area contributed by atoms with Gasteiger partial charge in [0.1, 0.15) is 0 Å². The Bertz CT molecular complexity index is 217. The van der Waals surface area contributed by atoms with Crippen molar-refractivity contribution in [1.29, 1.82) is 0 Å². The Balaban J connectivity index is 2.12. The van der Waals surface area contributed by atoms with Crippen molar-refractivity contribution in [2.45, 2.75) is 25.8 Å². The van der Waals surface area contributed by atoms with Gasteiger partial charge in [-0.15, -0.1) is 0 Å². The molecule has 2 aliphatic heterocycles. The largest absolute Gasteiger partial charge is 0.343 e. The second-order valence-corrected chi connectivity index (χ2v) is 4.39. The summed E-state index contributed by atoms with van der Waals surface area (Å²) in [6, 6.07) is 0.437. The van der Waals surface area contributed by atoms with Crippen LogP contribution in [-0.4, -0.2) is 37.0 Å². The van der Waals surface area contributed by atoms with Gasteiger partial charge in [-0.05, 0) is 32.2 Å². The van der Waals surface area contributed by atoms with Crippen LogP contribution in [0.3, 0.4) is 0 Å². The van der Waals surface area contributed by atoms with E-state index in [9.17, 15) is 4.79 Å². The molecule has 3 heteroatoms. The lowest BCUT2D eigenvalue weighted by Crippen LogP contribution is -2.54. The Hall–Kier alpha value is -0.570. The highest BCUT2D eigenvalue weighted by atomic mass is 16.2. The van der Waals surface area contributed by atoms with Gasteiger partial charge in [-0.3, -0.25) is 4.79 Å². The predicted molar refractivity (Wildman–Crippen MR) is 51.3 cm³/mol. The van der Waals surface area contributed by atoms with Crippen LogP contribution in [0.25, 0.3) is 0 Å². The molecule has 0 aromatic carbocycles. The molecule has 2 aliphatic rings. The second kappa shape index (κ2) is 3.29. The summed E-state index contributed by atoms with van der Waals surface area (Å²) in [4.78, 5) is 13.8. The Morgan fingerprint density at radius 2 is 2.31 bits per heavy atom. The SMILES string of the molecule is CC1CC2CCNCC2C(=O)N1C. The summed E-state index contributed by atoms with van der Waals surface area (Å²) in [6.45, 7) is 4.13. The van der Waals surface area contributed by atoms with E-state index in [0.717, 1.165) is 13.1 Å². The molecule has 2 heterocycles. The van der Waals surface area contributed by atoms with E-state index in [2.05, 4.69) is 12.2 Å². The van der Waals surface area contributed by atoms with Crippen LogP contribution in [-0.2, 0) is 4.79 Å². The summed E-state index contributed by atoms with van der Waals surface area (Å²) in [5.41, 5.74) is 0. The highest BCUT2D eigenvalue weighted by Crippen LogP contribution is 2.31. The zero-order valence-corrected chi connectivity index (χ0v) is 8.42. The third kappa shape index (κ3) is 1.46. The maximum atomic E-state index is 11.9. The van der Waals surface area contributed by atoms with E-state index in [4.69, 9.17) is 0 Å². The molecule has 2 saturated heterocycles. The van der Waals surface area contributed by atoms with Gasteiger partial charge in [0.25, 0.3) is 0 Å². The van der Waals surface area contributed by atoms with Crippen molar-refractivity contribution >= 4 is 5.91 Å². The third-order valence-electron chi connectivity index (χ3n) is 3.60. The normalized spacial score (nSPS) is 40.3. The van der Waals surface area contributed by atoms with Gasteiger partial charge in [0.2, 0.25) is 5.91 Å². The van der Waals surface area contributed by atoms with Crippen molar-refractivity contribution in [2.75, 3.05) is 20.1 Å². The molecule has 0 aromatic rings. The topological polar surface area (TPSA) is 32.3 Å². The van der Waals surface area contributed by atoms with Crippen LogP contribution in [0.1, 0.15) is 19.8 Å². The Morgan fingerprint density at radius 3 is 3.08 bits per heavy atom. The van der Waals surface area contributed by atoms with Gasteiger partial charge in [-0.1, -0.05) is 0 Å². The number of carbonyl (C=O) groups excluding carboxylic acids is 1. The molecule has 3 unspecified atom stereocenters. The molecular weight excluding hydrogens is 164 g/mol. The average Bonchev–Trinajstić information content (AvgIpc) is 2.15. The van der Waals surface area contributed by atoms with Crippen LogP contribution >= 0.6 is 0 Å². The van der Waals surface area contributed by atoms with Crippen molar-refractivity contribution in [1.82, 2.24) is 10.2 Å². The minimum absolute atomic E-state index is 0.259. The zero-order chi connectivity index (χ0) is 9.42. The number of amides is 1. The number of fused-ring (bicyclic) bond motifs is 1. The van der Waals surface area contributed by atoms with E-state index in [1.807, 2.05) is 11.9 Å². The monoisotopic (exact) mass is 182 g/mol. The van der Waals surface area contributed by atoms with Gasteiger partial charge in [0.15, 0.2) is 0 Å². The number of hydrogen-bond acceptors (Lipinski definition) is 2. The van der Waals surface area contributed by atoms with Gasteiger partial charge < -0.3 is 10.2 Å². The number of carbonyl (C=O) groups is 1. The first-order chi connectivity index (χ1) is 6.20. The van der Waals surface area contributed by atoms with Gasteiger partial charge >= 0.3 is 0 Å². The number of rotatable bonds is 0. The minimum Gasteiger partial charge on any atom is -0.343 e. The summed E-state index contributed by atoms with van der Waals surface area (Å²) in [5.74, 6) is 1.24. The number of piperidine rings is 2. The van der Waals surface area contributed by atoms with E-state index >= 15 is 0 Å². The lowest BCUT2D eigenvalue weighted by atomic mass is 9.78. The number of nitrogens with one attached hydrogen (secondary N) is 1. The van der Waals surface area contributed by atoms with Gasteiger partial charge in [0.05, 0.1) is 5.92 Å². The fourth-order valence-electron chi connectivity index (χ4n) is 2.56. The van der Waals surface area contributed by atoms with E-state index < -0.39 is 0 Å². The fourth-order valence-corrected chi connectivity index (χ4v) is 2.56. The van der Waals surface area contributed by atoms with Gasteiger partial charge in [-0.25, -0.2) is 0 Å². The fraction of sp³-hybridized carbons (Fsp3) is 0.900. The van der Waals surface area contributed by atoms with Crippen LogP contribution in [0.4, 0.5) is 0 Å². The van der Waals surface area contributed by atoms with E-state index in [0.29, 0.717) is 17.9 Å². The van der Waals surface area contributed by atoms with Gasteiger partial charge in [0, 0.05) is 19.6 Å². The Kier molecular flexibility index (Phi) is 2.28. The summed E-state index contributed by atoms with van der Waals surface area (Å²) in [7, 11) is 1.93. The van der Waals surface area contributed by atoms with Crippen molar-refractivity contribution < 1.29 is 4.79 Å². The maximum absolute atomic E-state index is 11.9. The molecule has 1 amide bonds. The molecule has 0 aliphatic carbocycles. The van der Waals surface area contributed by atoms with Crippen molar-refractivity contribution in [2.24, 2.45) is 11.8 Å². The first-order valence-electron chi connectivity index (χ1n) is 5.17. The second-order valence-electron chi connectivity index (χ2n) is 4.39. The summed E-state index contributed by atoms with van der Waals surface area (Å²) in [6.07, 6.45) is 2.36. The number of nitrogens with zero attached hydrogens (tertiary/aromatic N) is 1. The zero-order valence-electron chi connectivity index (χ0n) is 8.42. The van der Waals surface area contributed by atoms with Crippen molar-refractivity contribution in [3.05, 3.63) is 0 Å². The highest BCUT2D eigenvalue weighted by molar-refractivity contribution is 5.80. The molecule has 3 nitrogen and oxygen atoms in total. The number of likely N-dealkylation sites (tertiary alicyclic amines) is 1. The number of hydrogen-bond donors (Lipinski definition) is 1. The van der Waals surface area contributed by atoms with E-state index in [1.54, 1.807) is 0 Å². The quantitative estimate of drug-likeness (QED) is 0.590. The summed E-state index contributed by atoms with van der Waals surface area (Å²) >= 11 is 0. The lowest BCUT2D eigenvalue weighted by molar-refractivity contribution is -0.143. The Morgan fingerprint density at radius 1 is 1.54 bits per heavy atom. The van der Waals surface area contributed by atoms with E-state index in [-0.39, 0.29) is 5.92 Å². The lowest BCUT2D eigenvalue weighted by Gasteiger charge is -2.42. The predicted octanol–water partition coefficient (Wildman–Crippen LogP) is 0.463. The average molecular weight is 182 g/mol. The molecule has 2 rings (SSSR count). The van der Waals surface area contributed by atoms with Crippen LogP contribution in [0, 0.1) is 11.8 Å². The maximum Gasteiger partial charge on any atom is 0.227 e. The molecule has 3 atom stereocenters. The molecule has 1 N–H and O–H groups in total. The summed E-state index contributed by atoms with van der Waals surface area (Å²) < 4.78 is 0. The van der Waals surface area contributed by atoms with Crippen LogP contribution in [0.2, 0.25) is 0 Å². The van der Waals surface area contributed by atoms with Crippen molar-refractivity contribution in [3.8, 4) is 0 Å². The standard InChI is InChI=1S/C10H18N2O/c1-7-5-8-3-4-11-6-9(8)10(13)12(7)2/h7-9,11H,3-6H2,1-2H3. The van der Waals surface area contributed by atoms with Crippen LogP contribution < -0.4 is 5.32 Å². The minimum atomic E-state index is 0.259. The smallest absolute Gasteiger partial charge is 0.227 e. The molecule has 0 spiro atoms. The first kappa shape index (κ1) is 9.00. The molecule has 0 aromatic heterocycles. The molecule has 13 heavy (non-hydrogen) atoms. The first-order valence-corrected chi connectivity index (χ1v) is 5.17. The van der Waals surface area contributed by atoms with Gasteiger partial charge in [-0.2, -0.15) is 0 Å². The molecule has 0 bridgehead atoms. The molecule has 2 fully saturated rings. The highest BCUT2D eigenvalue weighted by Gasteiger charge is 2.39. The molecular formula is C10H18N2O. The Labute approximate surface area is 79.5 Å². The molecule has 0 saturated carbocycles. The summed E-state index contributed by atoms with van der Waals surface area (Å²) in [5, 5.41) is 3.30. The van der Waals surface area contributed by atoms with Crippen LogP contribution in [0.5, 0.6) is 0 Å². The third-order valence-corrected chi connectivity index (χ3v) is 3.60. The van der Waals surface area contributed by atoms with E-state index in [1.165, 1.54) is 12.8 Å².